The van der Waals surface area contributed by atoms with Gasteiger partial charge in [0.25, 0.3) is 0 Å². The van der Waals surface area contributed by atoms with Gasteiger partial charge in [0.2, 0.25) is 5.13 Å². The Balaban J connectivity index is 1.48. The Hall–Kier alpha value is -1.60. The predicted octanol–water partition coefficient (Wildman–Crippen LogP) is 3.18. The van der Waals surface area contributed by atoms with E-state index in [0.29, 0.717) is 6.04 Å². The van der Waals surface area contributed by atoms with Gasteiger partial charge in [0.05, 0.1) is 24.1 Å². The van der Waals surface area contributed by atoms with Crippen LogP contribution in [-0.4, -0.2) is 38.2 Å². The van der Waals surface area contributed by atoms with E-state index >= 15 is 0 Å². The molecule has 1 atom stereocenters. The fourth-order valence-electron chi connectivity index (χ4n) is 3.17. The predicted molar refractivity (Wildman–Crippen MR) is 90.9 cm³/mol. The van der Waals surface area contributed by atoms with Crippen molar-refractivity contribution < 1.29 is 0 Å². The first-order valence-corrected chi connectivity index (χ1v) is 9.29. The van der Waals surface area contributed by atoms with Crippen LogP contribution < -0.4 is 5.32 Å². The van der Waals surface area contributed by atoms with Crippen LogP contribution >= 0.6 is 11.3 Å². The lowest BCUT2D eigenvalue weighted by molar-refractivity contribution is 0.242. The smallest absolute Gasteiger partial charge is 0.211 e. The lowest BCUT2D eigenvalue weighted by Gasteiger charge is -2.23. The van der Waals surface area contributed by atoms with Crippen molar-refractivity contribution in [3.63, 3.8) is 0 Å². The number of anilines is 2. The van der Waals surface area contributed by atoms with Gasteiger partial charge >= 0.3 is 0 Å². The number of aryl methyl sites for hydroxylation is 1. The summed E-state index contributed by atoms with van der Waals surface area (Å²) in [5.74, 6) is 1.68. The second-order valence-corrected chi connectivity index (χ2v) is 7.47. The Bertz CT molecular complexity index is 668. The normalized spacial score (nSPS) is 21.7. The molecule has 6 nitrogen and oxygen atoms in total. The summed E-state index contributed by atoms with van der Waals surface area (Å²) in [6.07, 6.45) is 9.82. The Morgan fingerprint density at radius 1 is 1.26 bits per heavy atom. The summed E-state index contributed by atoms with van der Waals surface area (Å²) in [7, 11) is 0. The molecule has 0 radical (unpaired) electrons. The fraction of sp³-hybridized carbons (Fsp3) is 0.625. The van der Waals surface area contributed by atoms with Crippen LogP contribution in [-0.2, 0) is 6.42 Å². The molecule has 2 aliphatic rings. The van der Waals surface area contributed by atoms with Crippen LogP contribution in [0.5, 0.6) is 0 Å². The minimum Gasteiger partial charge on any atom is -0.313 e. The van der Waals surface area contributed by atoms with Crippen molar-refractivity contribution in [2.75, 3.05) is 18.4 Å². The Labute approximate surface area is 140 Å². The summed E-state index contributed by atoms with van der Waals surface area (Å²) in [6, 6.07) is 0.422. The molecule has 1 saturated carbocycles. The maximum absolute atomic E-state index is 4.79. The van der Waals surface area contributed by atoms with Gasteiger partial charge in [0.15, 0.2) is 5.82 Å². The molecule has 7 heteroatoms. The van der Waals surface area contributed by atoms with Crippen molar-refractivity contribution in [1.29, 1.82) is 0 Å². The quantitative estimate of drug-likeness (QED) is 0.877. The second-order valence-electron chi connectivity index (χ2n) is 6.41. The minimum absolute atomic E-state index is 0.422. The first-order valence-electron chi connectivity index (χ1n) is 8.47. The van der Waals surface area contributed by atoms with Crippen LogP contribution in [0.3, 0.4) is 0 Å². The average molecular weight is 330 g/mol. The molecule has 1 aliphatic carbocycles. The summed E-state index contributed by atoms with van der Waals surface area (Å²) in [5, 5.41) is 13.3. The van der Waals surface area contributed by atoms with E-state index in [4.69, 9.17) is 4.98 Å². The molecule has 4 rings (SSSR count). The summed E-state index contributed by atoms with van der Waals surface area (Å²) >= 11 is 1.57. The molecule has 2 aromatic heterocycles. The number of nitrogens with zero attached hydrogens (tertiary/aromatic N) is 5. The van der Waals surface area contributed by atoms with Crippen LogP contribution in [0.25, 0.3) is 0 Å². The second kappa shape index (κ2) is 6.49. The SMILES string of the molecule is CCc1nnc(Nc2cncc(C3CCCN3CC3CC3)n2)s1. The molecule has 1 saturated heterocycles. The lowest BCUT2D eigenvalue weighted by atomic mass is 10.1. The van der Waals surface area contributed by atoms with Crippen molar-refractivity contribution in [3.8, 4) is 0 Å². The maximum atomic E-state index is 4.79. The van der Waals surface area contributed by atoms with Crippen LogP contribution in [0.1, 0.15) is 49.4 Å². The number of rotatable bonds is 6. The van der Waals surface area contributed by atoms with Crippen molar-refractivity contribution in [1.82, 2.24) is 25.1 Å². The van der Waals surface area contributed by atoms with Gasteiger partial charge in [-0.1, -0.05) is 18.3 Å². The van der Waals surface area contributed by atoms with E-state index in [-0.39, 0.29) is 0 Å². The van der Waals surface area contributed by atoms with Crippen molar-refractivity contribution >= 4 is 22.3 Å². The van der Waals surface area contributed by atoms with Crippen LogP contribution in [0.2, 0.25) is 0 Å². The van der Waals surface area contributed by atoms with E-state index in [1.54, 1.807) is 17.5 Å². The van der Waals surface area contributed by atoms with Crippen LogP contribution in [0.15, 0.2) is 12.4 Å². The summed E-state index contributed by atoms with van der Waals surface area (Å²) in [4.78, 5) is 11.8. The largest absolute Gasteiger partial charge is 0.313 e. The molecular weight excluding hydrogens is 308 g/mol. The Morgan fingerprint density at radius 3 is 2.96 bits per heavy atom. The molecule has 0 aromatic carbocycles. The molecule has 0 bridgehead atoms. The van der Waals surface area contributed by atoms with Gasteiger partial charge in [-0.15, -0.1) is 10.2 Å². The highest BCUT2D eigenvalue weighted by Gasteiger charge is 2.32. The van der Waals surface area contributed by atoms with Crippen molar-refractivity contribution in [3.05, 3.63) is 23.1 Å². The van der Waals surface area contributed by atoms with Crippen LogP contribution in [0, 0.1) is 5.92 Å². The van der Waals surface area contributed by atoms with Gasteiger partial charge in [0.1, 0.15) is 5.01 Å². The summed E-state index contributed by atoms with van der Waals surface area (Å²) in [6.45, 7) is 4.50. The topological polar surface area (TPSA) is 66.8 Å². The first kappa shape index (κ1) is 15.0. The van der Waals surface area contributed by atoms with Gasteiger partial charge in [-0.25, -0.2) is 4.98 Å². The summed E-state index contributed by atoms with van der Waals surface area (Å²) in [5.41, 5.74) is 1.08. The molecule has 3 heterocycles. The van der Waals surface area contributed by atoms with Crippen molar-refractivity contribution in [2.45, 2.75) is 45.1 Å². The molecular formula is C16H22N6S. The highest BCUT2D eigenvalue weighted by Crippen LogP contribution is 2.37. The van der Waals surface area contributed by atoms with Gasteiger partial charge < -0.3 is 5.32 Å². The third-order valence-electron chi connectivity index (χ3n) is 4.55. The number of aromatic nitrogens is 4. The van der Waals surface area contributed by atoms with Gasteiger partial charge in [-0.3, -0.25) is 9.88 Å². The molecule has 1 N–H and O–H groups in total. The average Bonchev–Trinajstić information content (AvgIpc) is 3.08. The minimum atomic E-state index is 0.422. The van der Waals surface area contributed by atoms with E-state index in [1.165, 1.54) is 38.8 Å². The molecule has 1 aliphatic heterocycles. The number of nitrogens with one attached hydrogen (secondary N) is 1. The van der Waals surface area contributed by atoms with E-state index in [0.717, 1.165) is 34.0 Å². The molecule has 2 aromatic rings. The Morgan fingerprint density at radius 2 is 2.17 bits per heavy atom. The lowest BCUT2D eigenvalue weighted by Crippen LogP contribution is -2.26. The molecule has 0 spiro atoms. The zero-order chi connectivity index (χ0) is 15.6. The zero-order valence-corrected chi connectivity index (χ0v) is 14.2. The van der Waals surface area contributed by atoms with E-state index in [9.17, 15) is 0 Å². The fourth-order valence-corrected chi connectivity index (χ4v) is 3.86. The van der Waals surface area contributed by atoms with Gasteiger partial charge in [-0.2, -0.15) is 0 Å². The standard InChI is InChI=1S/C16H22N6S/c1-2-15-20-21-16(23-15)19-14-9-17-8-12(18-14)13-4-3-7-22(13)10-11-5-6-11/h8-9,11,13H,2-7,10H2,1H3,(H,18,19,21). The number of hydrogen-bond donors (Lipinski definition) is 1. The van der Waals surface area contributed by atoms with Crippen LogP contribution in [0.4, 0.5) is 10.9 Å². The third-order valence-corrected chi connectivity index (χ3v) is 5.54. The van der Waals surface area contributed by atoms with E-state index < -0.39 is 0 Å². The van der Waals surface area contributed by atoms with E-state index in [2.05, 4.69) is 32.3 Å². The number of hydrogen-bond acceptors (Lipinski definition) is 7. The molecule has 1 unspecified atom stereocenters. The monoisotopic (exact) mass is 330 g/mol. The Kier molecular flexibility index (Phi) is 4.22. The van der Waals surface area contributed by atoms with Gasteiger partial charge in [0, 0.05) is 6.54 Å². The molecule has 23 heavy (non-hydrogen) atoms. The first-order chi connectivity index (χ1) is 11.3. The molecule has 122 valence electrons. The number of likely N-dealkylation sites (tertiary alicyclic amines) is 1. The molecule has 0 amide bonds. The summed E-state index contributed by atoms with van der Waals surface area (Å²) < 4.78 is 0. The van der Waals surface area contributed by atoms with E-state index in [1.807, 2.05) is 6.20 Å². The zero-order valence-electron chi connectivity index (χ0n) is 13.4. The third kappa shape index (κ3) is 3.50. The maximum Gasteiger partial charge on any atom is 0.211 e. The van der Waals surface area contributed by atoms with Crippen molar-refractivity contribution in [2.24, 2.45) is 5.92 Å². The highest BCUT2D eigenvalue weighted by molar-refractivity contribution is 7.15. The molecule has 2 fully saturated rings. The highest BCUT2D eigenvalue weighted by atomic mass is 32.1. The van der Waals surface area contributed by atoms with Gasteiger partial charge in [-0.05, 0) is 44.6 Å².